The number of hydrogen-bond acceptors (Lipinski definition) is 1. The Labute approximate surface area is 83.0 Å². The van der Waals surface area contributed by atoms with E-state index in [1.54, 1.807) is 0 Å². The summed E-state index contributed by atoms with van der Waals surface area (Å²) >= 11 is 0. The highest BCUT2D eigenvalue weighted by atomic mass is 19.4. The third kappa shape index (κ3) is 2.38. The molecule has 0 aromatic heterocycles. The predicted octanol–water partition coefficient (Wildman–Crippen LogP) is 2.68. The molecule has 1 fully saturated rings. The van der Waals surface area contributed by atoms with Gasteiger partial charge >= 0.3 is 12.4 Å². The van der Waals surface area contributed by atoms with Crippen LogP contribution in [0.25, 0.3) is 0 Å². The fourth-order valence-corrected chi connectivity index (χ4v) is 2.01. The molecule has 1 aliphatic rings. The summed E-state index contributed by atoms with van der Waals surface area (Å²) in [5.74, 6) is -4.62. The summed E-state index contributed by atoms with van der Waals surface area (Å²) in [5.41, 5.74) is 0. The lowest BCUT2D eigenvalue weighted by molar-refractivity contribution is -0.244. The Bertz CT molecular complexity index is 232. The second-order valence-corrected chi connectivity index (χ2v) is 3.90. The minimum atomic E-state index is -4.80. The highest BCUT2D eigenvalue weighted by molar-refractivity contribution is 4.95. The zero-order valence-corrected chi connectivity index (χ0v) is 8.15. The Morgan fingerprint density at radius 2 is 1.47 bits per heavy atom. The molecule has 3 atom stereocenters. The van der Waals surface area contributed by atoms with E-state index in [4.69, 9.17) is 0 Å². The van der Waals surface area contributed by atoms with Crippen LogP contribution in [0.4, 0.5) is 26.3 Å². The van der Waals surface area contributed by atoms with Gasteiger partial charge in [-0.25, -0.2) is 0 Å². The fourth-order valence-electron chi connectivity index (χ4n) is 2.01. The molecular formula is C8H11F6N. The largest absolute Gasteiger partial charge is 0.393 e. The van der Waals surface area contributed by atoms with E-state index in [0.29, 0.717) is 0 Å². The summed E-state index contributed by atoms with van der Waals surface area (Å²) in [5, 5.41) is 0. The Morgan fingerprint density at radius 1 is 1.00 bits per heavy atom. The summed E-state index contributed by atoms with van der Waals surface area (Å²) in [6.45, 7) is 0.582. The first-order valence-corrected chi connectivity index (χ1v) is 4.39. The van der Waals surface area contributed by atoms with Crippen molar-refractivity contribution >= 4 is 0 Å². The molecule has 0 bridgehead atoms. The predicted molar refractivity (Wildman–Crippen MR) is 41.2 cm³/mol. The average Bonchev–Trinajstić information content (AvgIpc) is 2.25. The molecule has 0 aromatic rings. The molecule has 1 nitrogen and oxygen atoms in total. The first kappa shape index (κ1) is 12.6. The summed E-state index contributed by atoms with van der Waals surface area (Å²) < 4.78 is 74.4. The molecule has 0 spiro atoms. The van der Waals surface area contributed by atoms with Crippen molar-refractivity contribution in [3.05, 3.63) is 0 Å². The van der Waals surface area contributed by atoms with Crippen molar-refractivity contribution in [3.63, 3.8) is 0 Å². The molecule has 90 valence electrons. The fraction of sp³-hybridized carbons (Fsp3) is 1.00. The molecule has 3 unspecified atom stereocenters. The molecule has 1 heterocycles. The van der Waals surface area contributed by atoms with Crippen molar-refractivity contribution in [2.75, 3.05) is 13.6 Å². The summed E-state index contributed by atoms with van der Waals surface area (Å²) in [7, 11) is 1.27. The van der Waals surface area contributed by atoms with Crippen molar-refractivity contribution in [2.45, 2.75) is 25.3 Å². The minimum absolute atomic E-state index is 0.588. The SMILES string of the molecule is CC1C(C(F)(F)F)C(C(F)(F)F)CN1C. The highest BCUT2D eigenvalue weighted by Gasteiger charge is 2.61. The van der Waals surface area contributed by atoms with Crippen LogP contribution in [0.3, 0.4) is 0 Å². The van der Waals surface area contributed by atoms with E-state index in [0.717, 1.165) is 4.90 Å². The maximum Gasteiger partial charge on any atom is 0.393 e. The molecule has 0 N–H and O–H groups in total. The number of hydrogen-bond donors (Lipinski definition) is 0. The number of nitrogens with zero attached hydrogens (tertiary/aromatic N) is 1. The molecule has 0 amide bonds. The van der Waals surface area contributed by atoms with E-state index >= 15 is 0 Å². The zero-order valence-electron chi connectivity index (χ0n) is 8.15. The zero-order chi connectivity index (χ0) is 12.0. The van der Waals surface area contributed by atoms with Gasteiger partial charge in [-0.2, -0.15) is 26.3 Å². The van der Waals surface area contributed by atoms with Crippen LogP contribution in [0.2, 0.25) is 0 Å². The van der Waals surface area contributed by atoms with E-state index in [9.17, 15) is 26.3 Å². The van der Waals surface area contributed by atoms with Gasteiger partial charge in [-0.3, -0.25) is 0 Å². The van der Waals surface area contributed by atoms with Crippen LogP contribution >= 0.6 is 0 Å². The van der Waals surface area contributed by atoms with E-state index < -0.39 is 36.8 Å². The second-order valence-electron chi connectivity index (χ2n) is 3.90. The van der Waals surface area contributed by atoms with Gasteiger partial charge in [0.15, 0.2) is 0 Å². The van der Waals surface area contributed by atoms with Crippen LogP contribution in [-0.4, -0.2) is 36.9 Å². The van der Waals surface area contributed by atoms with Crippen molar-refractivity contribution in [2.24, 2.45) is 11.8 Å². The van der Waals surface area contributed by atoms with E-state index in [-0.39, 0.29) is 0 Å². The van der Waals surface area contributed by atoms with E-state index in [1.165, 1.54) is 14.0 Å². The smallest absolute Gasteiger partial charge is 0.302 e. The standard InChI is InChI=1S/C8H11F6N/c1-4-6(8(12,13)14)5(3-15(4)2)7(9,10)11/h4-6H,3H2,1-2H3. The first-order chi connectivity index (χ1) is 6.55. The molecule has 0 saturated carbocycles. The first-order valence-electron chi connectivity index (χ1n) is 4.39. The molecule has 1 saturated heterocycles. The number of halogens is 6. The van der Waals surface area contributed by atoms with Gasteiger partial charge in [0.05, 0.1) is 11.8 Å². The van der Waals surface area contributed by atoms with Crippen LogP contribution < -0.4 is 0 Å². The van der Waals surface area contributed by atoms with Gasteiger partial charge in [0.1, 0.15) is 0 Å². The lowest BCUT2D eigenvalue weighted by atomic mass is 9.90. The van der Waals surface area contributed by atoms with Gasteiger partial charge < -0.3 is 4.90 Å². The molecular weight excluding hydrogens is 224 g/mol. The molecule has 7 heteroatoms. The Kier molecular flexibility index (Phi) is 2.97. The van der Waals surface area contributed by atoms with E-state index in [2.05, 4.69) is 0 Å². The number of alkyl halides is 6. The summed E-state index contributed by atoms with van der Waals surface area (Å²) in [6.07, 6.45) is -9.59. The topological polar surface area (TPSA) is 3.24 Å². The van der Waals surface area contributed by atoms with Crippen molar-refractivity contribution < 1.29 is 26.3 Å². The van der Waals surface area contributed by atoms with Crippen LogP contribution in [0.1, 0.15) is 6.92 Å². The normalized spacial score (nSPS) is 34.8. The third-order valence-electron chi connectivity index (χ3n) is 2.93. The molecule has 0 aliphatic carbocycles. The molecule has 1 rings (SSSR count). The molecule has 0 aromatic carbocycles. The van der Waals surface area contributed by atoms with Gasteiger partial charge in [0.2, 0.25) is 0 Å². The highest BCUT2D eigenvalue weighted by Crippen LogP contribution is 2.47. The van der Waals surface area contributed by atoms with Gasteiger partial charge in [0, 0.05) is 12.6 Å². The van der Waals surface area contributed by atoms with Gasteiger partial charge in [0.25, 0.3) is 0 Å². The van der Waals surface area contributed by atoms with Crippen LogP contribution in [0, 0.1) is 11.8 Å². The van der Waals surface area contributed by atoms with Crippen molar-refractivity contribution in [3.8, 4) is 0 Å². The van der Waals surface area contributed by atoms with Gasteiger partial charge in [-0.15, -0.1) is 0 Å². The Hall–Kier alpha value is -0.460. The van der Waals surface area contributed by atoms with Crippen LogP contribution in [-0.2, 0) is 0 Å². The Balaban J connectivity index is 2.98. The second kappa shape index (κ2) is 3.54. The third-order valence-corrected chi connectivity index (χ3v) is 2.93. The van der Waals surface area contributed by atoms with Crippen LogP contribution in [0.15, 0.2) is 0 Å². The molecule has 1 aliphatic heterocycles. The maximum atomic E-state index is 12.4. The lowest BCUT2D eigenvalue weighted by Crippen LogP contribution is -2.40. The van der Waals surface area contributed by atoms with Gasteiger partial charge in [-0.1, -0.05) is 0 Å². The number of likely N-dealkylation sites (tertiary alicyclic amines) is 1. The minimum Gasteiger partial charge on any atom is -0.302 e. The lowest BCUT2D eigenvalue weighted by Gasteiger charge is -2.26. The maximum absolute atomic E-state index is 12.4. The van der Waals surface area contributed by atoms with Gasteiger partial charge in [-0.05, 0) is 14.0 Å². The Morgan fingerprint density at radius 3 is 1.73 bits per heavy atom. The van der Waals surface area contributed by atoms with Crippen molar-refractivity contribution in [1.29, 1.82) is 0 Å². The summed E-state index contributed by atoms with van der Waals surface area (Å²) in [6, 6.07) is -1.13. The van der Waals surface area contributed by atoms with E-state index in [1.807, 2.05) is 0 Å². The van der Waals surface area contributed by atoms with Crippen LogP contribution in [0.5, 0.6) is 0 Å². The van der Waals surface area contributed by atoms with Crippen molar-refractivity contribution in [1.82, 2.24) is 4.90 Å². The quantitative estimate of drug-likeness (QED) is 0.583. The molecule has 15 heavy (non-hydrogen) atoms. The summed E-state index contributed by atoms with van der Waals surface area (Å²) in [4.78, 5) is 1.09. The monoisotopic (exact) mass is 235 g/mol. The average molecular weight is 235 g/mol. The number of rotatable bonds is 0. The molecule has 0 radical (unpaired) electrons.